The van der Waals surface area contributed by atoms with Crippen LogP contribution in [-0.4, -0.2) is 100 Å². The van der Waals surface area contributed by atoms with E-state index in [0.717, 1.165) is 16.3 Å². The van der Waals surface area contributed by atoms with Gasteiger partial charge in [-0.1, -0.05) is 36.4 Å². The SMILES string of the molecule is NC[C@H]1O[C@H](O[C@H]2[C@H](O)[C@@H](O)[C@H](N)C[C@@H]2N)[C@H](N)[C@@H](OCc2ccc3ccccc3c2)[C@@H]1O.O=C(O)C(F)(F)F. The number of carbonyl (C=O) groups is 1. The molecule has 0 radical (unpaired) electrons. The van der Waals surface area contributed by atoms with E-state index in [0.29, 0.717) is 0 Å². The molecule has 10 atom stereocenters. The number of halogens is 3. The van der Waals surface area contributed by atoms with Crippen LogP contribution >= 0.6 is 0 Å². The molecule has 12 nitrogen and oxygen atoms in total. The van der Waals surface area contributed by atoms with Crippen molar-refractivity contribution in [3.05, 3.63) is 48.0 Å². The molecule has 0 amide bonds. The summed E-state index contributed by atoms with van der Waals surface area (Å²) in [6, 6.07) is 11.8. The molecule has 1 heterocycles. The quantitative estimate of drug-likeness (QED) is 0.205. The zero-order chi connectivity index (χ0) is 29.8. The van der Waals surface area contributed by atoms with Crippen LogP contribution in [0.3, 0.4) is 0 Å². The molecule has 224 valence electrons. The first-order valence-corrected chi connectivity index (χ1v) is 12.5. The van der Waals surface area contributed by atoms with Gasteiger partial charge in [-0.15, -0.1) is 0 Å². The number of aliphatic carboxylic acids is 1. The van der Waals surface area contributed by atoms with Crippen molar-refractivity contribution in [2.75, 3.05) is 6.54 Å². The summed E-state index contributed by atoms with van der Waals surface area (Å²) < 4.78 is 49.5. The number of nitrogens with two attached hydrogens (primary N) is 4. The fraction of sp³-hybridized carbons (Fsp3) is 0.560. The van der Waals surface area contributed by atoms with E-state index < -0.39 is 73.2 Å². The minimum absolute atomic E-state index is 0.0103. The number of aliphatic hydroxyl groups excluding tert-OH is 3. The van der Waals surface area contributed by atoms with Crippen molar-refractivity contribution in [2.45, 2.75) is 80.2 Å². The highest BCUT2D eigenvalue weighted by atomic mass is 19.4. The van der Waals surface area contributed by atoms with Gasteiger partial charge in [0.25, 0.3) is 0 Å². The van der Waals surface area contributed by atoms with E-state index >= 15 is 0 Å². The number of carboxylic acids is 1. The topological polar surface area (TPSA) is 230 Å². The summed E-state index contributed by atoms with van der Waals surface area (Å²) in [5, 5.41) is 40.7. The zero-order valence-electron chi connectivity index (χ0n) is 21.3. The Morgan fingerprint density at radius 1 is 0.950 bits per heavy atom. The predicted molar refractivity (Wildman–Crippen MR) is 135 cm³/mol. The van der Waals surface area contributed by atoms with Gasteiger partial charge in [0.2, 0.25) is 0 Å². The third kappa shape index (κ3) is 7.64. The fourth-order valence-electron chi connectivity index (χ4n) is 4.61. The summed E-state index contributed by atoms with van der Waals surface area (Å²) >= 11 is 0. The molecule has 2 aromatic rings. The Morgan fingerprint density at radius 3 is 2.17 bits per heavy atom. The van der Waals surface area contributed by atoms with Crippen LogP contribution in [0.1, 0.15) is 12.0 Å². The number of hydrogen-bond donors (Lipinski definition) is 8. The van der Waals surface area contributed by atoms with Crippen molar-refractivity contribution < 1.29 is 52.6 Å². The van der Waals surface area contributed by atoms with Crippen molar-refractivity contribution in [3.63, 3.8) is 0 Å². The standard InChI is InChI=1S/C23H34N4O6.C2HF3O2/c24-9-16-19(29)22(31-10-11-5-6-12-3-1-2-4-13(12)7-11)17(27)23(32-16)33-21-15(26)8-14(25)18(28)20(21)30;3-2(4,5)1(6)7/h1-7,14-23,28-30H,8-10,24-27H2;(H,6,7)/t14-,15+,16-,17-,18+,19-,20-,21-,22-,23-;/m1./s1. The van der Waals surface area contributed by atoms with E-state index in [4.69, 9.17) is 47.0 Å². The average Bonchev–Trinajstić information content (AvgIpc) is 2.90. The highest BCUT2D eigenvalue weighted by molar-refractivity contribution is 5.82. The molecule has 1 saturated carbocycles. The van der Waals surface area contributed by atoms with Crippen LogP contribution in [0.4, 0.5) is 13.2 Å². The van der Waals surface area contributed by atoms with Crippen LogP contribution in [0.15, 0.2) is 42.5 Å². The number of rotatable bonds is 6. The third-order valence-electron chi connectivity index (χ3n) is 6.83. The first-order chi connectivity index (χ1) is 18.7. The van der Waals surface area contributed by atoms with Gasteiger partial charge in [0.15, 0.2) is 6.29 Å². The van der Waals surface area contributed by atoms with E-state index in [2.05, 4.69) is 0 Å². The molecule has 12 N–H and O–H groups in total. The maximum Gasteiger partial charge on any atom is 0.490 e. The molecule has 2 aromatic carbocycles. The molecular weight excluding hydrogens is 541 g/mol. The van der Waals surface area contributed by atoms with Crippen molar-refractivity contribution in [1.29, 1.82) is 0 Å². The summed E-state index contributed by atoms with van der Waals surface area (Å²) in [4.78, 5) is 8.90. The molecule has 40 heavy (non-hydrogen) atoms. The number of hydrogen-bond acceptors (Lipinski definition) is 11. The molecule has 0 bridgehead atoms. The number of benzene rings is 2. The van der Waals surface area contributed by atoms with Gasteiger partial charge in [-0.2, -0.15) is 13.2 Å². The Morgan fingerprint density at radius 2 is 1.57 bits per heavy atom. The second-order valence-corrected chi connectivity index (χ2v) is 9.75. The van der Waals surface area contributed by atoms with Gasteiger partial charge < -0.3 is 57.6 Å². The summed E-state index contributed by atoms with van der Waals surface area (Å²) in [5.41, 5.74) is 25.0. The summed E-state index contributed by atoms with van der Waals surface area (Å²) in [7, 11) is 0. The summed E-state index contributed by atoms with van der Waals surface area (Å²) in [6.45, 7) is 0.222. The lowest BCUT2D eigenvalue weighted by Crippen LogP contribution is -2.67. The predicted octanol–water partition coefficient (Wildman–Crippen LogP) is -1.10. The molecular formula is C25H35F3N4O8. The summed E-state index contributed by atoms with van der Waals surface area (Å²) in [5.74, 6) is -2.76. The Bertz CT molecular complexity index is 1130. The van der Waals surface area contributed by atoms with E-state index in [-0.39, 0.29) is 19.6 Å². The highest BCUT2D eigenvalue weighted by Crippen LogP contribution is 2.29. The Labute approximate surface area is 227 Å². The van der Waals surface area contributed by atoms with Gasteiger partial charge in [-0.05, 0) is 28.8 Å². The number of aliphatic hydroxyl groups is 3. The molecule has 4 rings (SSSR count). The number of ether oxygens (including phenoxy) is 3. The van der Waals surface area contributed by atoms with Crippen LogP contribution in [0.2, 0.25) is 0 Å². The van der Waals surface area contributed by atoms with Crippen molar-refractivity contribution in [3.8, 4) is 0 Å². The fourth-order valence-corrected chi connectivity index (χ4v) is 4.61. The minimum atomic E-state index is -5.08. The highest BCUT2D eigenvalue weighted by Gasteiger charge is 2.48. The average molecular weight is 577 g/mol. The third-order valence-corrected chi connectivity index (χ3v) is 6.83. The first kappa shape index (κ1) is 32.1. The van der Waals surface area contributed by atoms with Crippen LogP contribution in [0.25, 0.3) is 10.8 Å². The van der Waals surface area contributed by atoms with Gasteiger partial charge in [-0.25, -0.2) is 4.79 Å². The van der Waals surface area contributed by atoms with Crippen LogP contribution in [-0.2, 0) is 25.6 Å². The van der Waals surface area contributed by atoms with Crippen LogP contribution < -0.4 is 22.9 Å². The van der Waals surface area contributed by atoms with Gasteiger partial charge in [0, 0.05) is 18.6 Å². The second-order valence-electron chi connectivity index (χ2n) is 9.75. The van der Waals surface area contributed by atoms with E-state index in [1.54, 1.807) is 0 Å². The monoisotopic (exact) mass is 576 g/mol. The van der Waals surface area contributed by atoms with Gasteiger partial charge >= 0.3 is 12.1 Å². The van der Waals surface area contributed by atoms with Crippen LogP contribution in [0, 0.1) is 0 Å². The Kier molecular flexibility index (Phi) is 10.8. The zero-order valence-corrected chi connectivity index (χ0v) is 21.3. The smallest absolute Gasteiger partial charge is 0.475 e. The lowest BCUT2D eigenvalue weighted by molar-refractivity contribution is -0.293. The maximum absolute atomic E-state index is 10.8. The summed E-state index contributed by atoms with van der Waals surface area (Å²) in [6.07, 6.45) is -12.0. The van der Waals surface area contributed by atoms with Gasteiger partial charge in [0.1, 0.15) is 30.5 Å². The van der Waals surface area contributed by atoms with Crippen molar-refractivity contribution >= 4 is 16.7 Å². The molecule has 0 aromatic heterocycles. The van der Waals surface area contributed by atoms with E-state index in [1.807, 2.05) is 42.5 Å². The lowest BCUT2D eigenvalue weighted by atomic mass is 9.84. The largest absolute Gasteiger partial charge is 0.490 e. The molecule has 2 aliphatic rings. The van der Waals surface area contributed by atoms with Crippen LogP contribution in [0.5, 0.6) is 0 Å². The van der Waals surface area contributed by atoms with E-state index in [9.17, 15) is 28.5 Å². The Hall–Kier alpha value is -2.44. The lowest BCUT2D eigenvalue weighted by Gasteiger charge is -2.46. The normalized spacial score (nSPS) is 34.6. The molecule has 1 aliphatic carbocycles. The van der Waals surface area contributed by atoms with Gasteiger partial charge in [-0.3, -0.25) is 0 Å². The maximum atomic E-state index is 10.8. The number of carboxylic acid groups (broad SMARTS) is 1. The van der Waals surface area contributed by atoms with Crippen molar-refractivity contribution in [1.82, 2.24) is 0 Å². The molecule has 15 heteroatoms. The van der Waals surface area contributed by atoms with Gasteiger partial charge in [0.05, 0.1) is 18.8 Å². The molecule has 1 saturated heterocycles. The molecule has 1 aliphatic heterocycles. The van der Waals surface area contributed by atoms with Crippen molar-refractivity contribution in [2.24, 2.45) is 22.9 Å². The number of alkyl halides is 3. The van der Waals surface area contributed by atoms with E-state index in [1.165, 1.54) is 0 Å². The molecule has 2 fully saturated rings. The first-order valence-electron chi connectivity index (χ1n) is 12.5. The minimum Gasteiger partial charge on any atom is -0.475 e. The molecule has 0 unspecified atom stereocenters. The number of fused-ring (bicyclic) bond motifs is 1. The Balaban J connectivity index is 0.000000559. The molecule has 0 spiro atoms. The second kappa shape index (κ2) is 13.5.